The van der Waals surface area contributed by atoms with Crippen molar-refractivity contribution in [3.63, 3.8) is 0 Å². The normalized spacial score (nSPS) is 14.8. The Morgan fingerprint density at radius 3 is 2.50 bits per heavy atom. The highest BCUT2D eigenvalue weighted by Crippen LogP contribution is 2.33. The van der Waals surface area contributed by atoms with Crippen LogP contribution in [0, 0.1) is 5.92 Å². The van der Waals surface area contributed by atoms with Crippen molar-refractivity contribution in [2.24, 2.45) is 5.92 Å². The molecule has 0 fully saturated rings. The summed E-state index contributed by atoms with van der Waals surface area (Å²) in [7, 11) is 1.72. The zero-order valence-corrected chi connectivity index (χ0v) is 12.5. The summed E-state index contributed by atoms with van der Waals surface area (Å²) >= 11 is 0. The second-order valence-electron chi connectivity index (χ2n) is 5.21. The highest BCUT2D eigenvalue weighted by Gasteiger charge is 2.23. The summed E-state index contributed by atoms with van der Waals surface area (Å²) < 4.78 is 7.52. The molecule has 18 heavy (non-hydrogen) atoms. The molecule has 0 aromatic carbocycles. The van der Waals surface area contributed by atoms with Crippen molar-refractivity contribution >= 4 is 0 Å². The van der Waals surface area contributed by atoms with E-state index in [0.717, 1.165) is 18.8 Å². The van der Waals surface area contributed by atoms with Crippen LogP contribution in [0.4, 0.5) is 0 Å². The van der Waals surface area contributed by atoms with E-state index >= 15 is 0 Å². The summed E-state index contributed by atoms with van der Waals surface area (Å²) in [4.78, 5) is 0. The number of rotatable bonds is 7. The van der Waals surface area contributed by atoms with Gasteiger partial charge in [0.15, 0.2) is 5.75 Å². The largest absolute Gasteiger partial charge is 0.493 e. The molecule has 1 heterocycles. The van der Waals surface area contributed by atoms with Crippen LogP contribution in [0.15, 0.2) is 6.20 Å². The molecule has 0 saturated carbocycles. The van der Waals surface area contributed by atoms with E-state index in [1.54, 1.807) is 7.11 Å². The van der Waals surface area contributed by atoms with Crippen LogP contribution >= 0.6 is 0 Å². The number of nitrogens with one attached hydrogen (secondary N) is 1. The topological polar surface area (TPSA) is 39.1 Å². The average molecular weight is 253 g/mol. The van der Waals surface area contributed by atoms with E-state index in [-0.39, 0.29) is 0 Å². The van der Waals surface area contributed by atoms with Crippen LogP contribution in [0.2, 0.25) is 0 Å². The predicted octanol–water partition coefficient (Wildman–Crippen LogP) is 2.82. The van der Waals surface area contributed by atoms with Gasteiger partial charge in [0.2, 0.25) is 0 Å². The lowest BCUT2D eigenvalue weighted by molar-refractivity contribution is 0.371. The van der Waals surface area contributed by atoms with E-state index in [1.807, 2.05) is 6.20 Å². The van der Waals surface area contributed by atoms with Crippen molar-refractivity contribution in [2.45, 2.75) is 46.6 Å². The van der Waals surface area contributed by atoms with Gasteiger partial charge in [-0.25, -0.2) is 0 Å². The third-order valence-corrected chi connectivity index (χ3v) is 3.51. The third-order valence-electron chi connectivity index (χ3n) is 3.51. The van der Waals surface area contributed by atoms with E-state index in [0.29, 0.717) is 17.9 Å². The first-order chi connectivity index (χ1) is 8.52. The Morgan fingerprint density at radius 2 is 2.00 bits per heavy atom. The molecular weight excluding hydrogens is 226 g/mol. The Hall–Kier alpha value is -1.03. The molecule has 0 aliphatic rings. The summed E-state index contributed by atoms with van der Waals surface area (Å²) in [5, 5.41) is 7.85. The summed E-state index contributed by atoms with van der Waals surface area (Å²) in [6, 6.07) is 0.359. The molecule has 1 aromatic heterocycles. The highest BCUT2D eigenvalue weighted by molar-refractivity contribution is 5.29. The molecule has 0 saturated heterocycles. The van der Waals surface area contributed by atoms with Crippen molar-refractivity contribution in [1.29, 1.82) is 0 Å². The summed E-state index contributed by atoms with van der Waals surface area (Å²) in [5.74, 6) is 1.87. The minimum atomic E-state index is 0.359. The summed E-state index contributed by atoms with van der Waals surface area (Å²) in [6.07, 6.45) is 1.83. The first-order valence-electron chi connectivity index (χ1n) is 6.84. The van der Waals surface area contributed by atoms with Gasteiger partial charge in [-0.2, -0.15) is 5.10 Å². The molecule has 2 atom stereocenters. The molecule has 104 valence electrons. The van der Waals surface area contributed by atoms with Gasteiger partial charge in [-0.15, -0.1) is 0 Å². The van der Waals surface area contributed by atoms with Gasteiger partial charge >= 0.3 is 0 Å². The van der Waals surface area contributed by atoms with E-state index in [1.165, 1.54) is 5.69 Å². The van der Waals surface area contributed by atoms with E-state index in [2.05, 4.69) is 49.7 Å². The lowest BCUT2D eigenvalue weighted by Gasteiger charge is -2.23. The fourth-order valence-corrected chi connectivity index (χ4v) is 2.18. The van der Waals surface area contributed by atoms with E-state index < -0.39 is 0 Å². The predicted molar refractivity (Wildman–Crippen MR) is 75.3 cm³/mol. The van der Waals surface area contributed by atoms with Crippen molar-refractivity contribution in [2.75, 3.05) is 20.2 Å². The number of nitrogens with zero attached hydrogens (tertiary/aromatic N) is 2. The quantitative estimate of drug-likeness (QED) is 0.812. The van der Waals surface area contributed by atoms with Gasteiger partial charge in [0.25, 0.3) is 0 Å². The number of methoxy groups -OCH3 is 1. The monoisotopic (exact) mass is 253 g/mol. The van der Waals surface area contributed by atoms with E-state index in [9.17, 15) is 0 Å². The molecule has 1 aromatic rings. The molecule has 4 heteroatoms. The lowest BCUT2D eigenvalue weighted by Crippen LogP contribution is -2.25. The second kappa shape index (κ2) is 6.78. The number of ether oxygens (including phenoxy) is 1. The van der Waals surface area contributed by atoms with Crippen LogP contribution in [-0.2, 0) is 0 Å². The summed E-state index contributed by atoms with van der Waals surface area (Å²) in [6.45, 7) is 13.0. The van der Waals surface area contributed by atoms with E-state index in [4.69, 9.17) is 4.74 Å². The second-order valence-corrected chi connectivity index (χ2v) is 5.21. The van der Waals surface area contributed by atoms with Gasteiger partial charge in [0.05, 0.1) is 19.0 Å². The fraction of sp³-hybridized carbons (Fsp3) is 0.786. The summed E-state index contributed by atoms with van der Waals surface area (Å²) in [5.41, 5.74) is 1.21. The van der Waals surface area contributed by atoms with Crippen LogP contribution in [-0.4, -0.2) is 30.0 Å². The molecule has 0 aliphatic heterocycles. The maximum Gasteiger partial charge on any atom is 0.160 e. The van der Waals surface area contributed by atoms with Gasteiger partial charge in [-0.05, 0) is 32.9 Å². The van der Waals surface area contributed by atoms with Crippen LogP contribution in [0.5, 0.6) is 5.75 Å². The Morgan fingerprint density at radius 1 is 1.33 bits per heavy atom. The molecular formula is C14H27N3O. The van der Waals surface area contributed by atoms with Crippen LogP contribution in [0.3, 0.4) is 0 Å². The van der Waals surface area contributed by atoms with Gasteiger partial charge in [0.1, 0.15) is 0 Å². The van der Waals surface area contributed by atoms with Gasteiger partial charge < -0.3 is 10.1 Å². The number of hydrogen-bond acceptors (Lipinski definition) is 3. The molecule has 0 bridgehead atoms. The smallest absolute Gasteiger partial charge is 0.160 e. The fourth-order valence-electron chi connectivity index (χ4n) is 2.18. The number of aromatic nitrogens is 2. The van der Waals surface area contributed by atoms with Crippen LogP contribution < -0.4 is 10.1 Å². The first kappa shape index (κ1) is 15.0. The van der Waals surface area contributed by atoms with Crippen molar-refractivity contribution < 1.29 is 4.74 Å². The maximum atomic E-state index is 5.45. The highest BCUT2D eigenvalue weighted by atomic mass is 16.5. The van der Waals surface area contributed by atoms with Crippen molar-refractivity contribution in [1.82, 2.24) is 15.1 Å². The molecule has 0 aliphatic carbocycles. The molecule has 0 radical (unpaired) electrons. The van der Waals surface area contributed by atoms with Crippen LogP contribution in [0.1, 0.15) is 52.3 Å². The minimum absolute atomic E-state index is 0.359. The third kappa shape index (κ3) is 3.25. The maximum absolute atomic E-state index is 5.45. The Bertz CT molecular complexity index is 360. The standard InChI is InChI=1S/C14H27N3O/c1-7-15-8-11(4)12(5)14-13(18-6)9-16-17(14)10(2)3/h9-12,15H,7-8H2,1-6H3. The zero-order chi connectivity index (χ0) is 13.7. The first-order valence-corrected chi connectivity index (χ1v) is 6.84. The molecule has 2 unspecified atom stereocenters. The Labute approximate surface area is 111 Å². The SMILES string of the molecule is CCNCC(C)C(C)c1c(OC)cnn1C(C)C. The Kier molecular flexibility index (Phi) is 5.66. The zero-order valence-electron chi connectivity index (χ0n) is 12.5. The lowest BCUT2D eigenvalue weighted by atomic mass is 9.92. The molecule has 1 N–H and O–H groups in total. The Balaban J connectivity index is 2.94. The molecule has 4 nitrogen and oxygen atoms in total. The average Bonchev–Trinajstić information content (AvgIpc) is 2.78. The van der Waals surface area contributed by atoms with Crippen molar-refractivity contribution in [3.05, 3.63) is 11.9 Å². The molecule has 0 amide bonds. The van der Waals surface area contributed by atoms with Crippen molar-refractivity contribution in [3.8, 4) is 5.75 Å². The van der Waals surface area contributed by atoms with Crippen LogP contribution in [0.25, 0.3) is 0 Å². The van der Waals surface area contributed by atoms with Gasteiger partial charge in [0, 0.05) is 12.0 Å². The van der Waals surface area contributed by atoms with Gasteiger partial charge in [-0.1, -0.05) is 20.8 Å². The minimum Gasteiger partial charge on any atom is -0.493 e. The molecule has 0 spiro atoms. The molecule has 1 rings (SSSR count). The van der Waals surface area contributed by atoms with Gasteiger partial charge in [-0.3, -0.25) is 4.68 Å². The number of hydrogen-bond donors (Lipinski definition) is 1.